The molecule has 1 aromatic rings. The van der Waals surface area contributed by atoms with E-state index < -0.39 is 10.9 Å². The van der Waals surface area contributed by atoms with Crippen LogP contribution in [0.2, 0.25) is 0 Å². The zero-order valence-corrected chi connectivity index (χ0v) is 8.68. The van der Waals surface area contributed by atoms with Gasteiger partial charge in [0.2, 0.25) is 5.91 Å². The molecule has 0 aliphatic rings. The molecule has 0 atom stereocenters. The summed E-state index contributed by atoms with van der Waals surface area (Å²) in [7, 11) is 1.46. The van der Waals surface area contributed by atoms with Crippen molar-refractivity contribution in [3.05, 3.63) is 14.8 Å². The Morgan fingerprint density at radius 3 is 2.86 bits per heavy atom. The number of halogens is 1. The minimum atomic E-state index is -0.731. The summed E-state index contributed by atoms with van der Waals surface area (Å²) in [4.78, 5) is 23.9. The molecule has 1 aromatic heterocycles. The Morgan fingerprint density at radius 1 is 1.79 bits per heavy atom. The van der Waals surface area contributed by atoms with Crippen molar-refractivity contribution in [2.24, 2.45) is 0 Å². The third kappa shape index (κ3) is 2.25. The SMILES string of the molecule is CNC(=O)Cn1nc([N+](=O)[O-])nc1Br. The molecular formula is C5H6BrN5O3. The van der Waals surface area contributed by atoms with Gasteiger partial charge in [0.05, 0.1) is 0 Å². The average molecular weight is 264 g/mol. The summed E-state index contributed by atoms with van der Waals surface area (Å²) >= 11 is 2.95. The van der Waals surface area contributed by atoms with Gasteiger partial charge in [-0.3, -0.25) is 4.79 Å². The summed E-state index contributed by atoms with van der Waals surface area (Å²) in [6, 6.07) is 0. The maximum Gasteiger partial charge on any atom is 0.492 e. The molecule has 0 saturated carbocycles. The minimum Gasteiger partial charge on any atom is -0.390 e. The van der Waals surface area contributed by atoms with Gasteiger partial charge in [0.25, 0.3) is 4.73 Å². The largest absolute Gasteiger partial charge is 0.492 e. The van der Waals surface area contributed by atoms with Crippen LogP contribution < -0.4 is 5.32 Å². The van der Waals surface area contributed by atoms with Gasteiger partial charge < -0.3 is 15.4 Å². The zero-order chi connectivity index (χ0) is 10.7. The summed E-state index contributed by atoms with van der Waals surface area (Å²) in [5.74, 6) is -0.855. The molecular weight excluding hydrogens is 258 g/mol. The van der Waals surface area contributed by atoms with Gasteiger partial charge in [-0.2, -0.15) is 4.68 Å². The summed E-state index contributed by atoms with van der Waals surface area (Å²) in [6.07, 6.45) is 0. The van der Waals surface area contributed by atoms with Crippen LogP contribution in [0.25, 0.3) is 0 Å². The number of hydrogen-bond donors (Lipinski definition) is 1. The van der Waals surface area contributed by atoms with Crippen LogP contribution in [-0.2, 0) is 11.3 Å². The predicted molar refractivity (Wildman–Crippen MR) is 48.4 cm³/mol. The second-order valence-corrected chi connectivity index (χ2v) is 2.98. The molecule has 1 heterocycles. The highest BCUT2D eigenvalue weighted by Crippen LogP contribution is 2.11. The van der Waals surface area contributed by atoms with Crippen molar-refractivity contribution in [3.8, 4) is 0 Å². The third-order valence-corrected chi connectivity index (χ3v) is 1.94. The molecule has 0 saturated heterocycles. The molecule has 76 valence electrons. The highest BCUT2D eigenvalue weighted by molar-refractivity contribution is 9.10. The lowest BCUT2D eigenvalue weighted by Gasteiger charge is -1.95. The Morgan fingerprint density at radius 2 is 2.43 bits per heavy atom. The average Bonchev–Trinajstić information content (AvgIpc) is 2.48. The first-order valence-corrected chi connectivity index (χ1v) is 4.29. The Kier molecular flexibility index (Phi) is 3.12. The predicted octanol–water partition coefficient (Wildman–Crippen LogP) is -0.305. The van der Waals surface area contributed by atoms with E-state index >= 15 is 0 Å². The van der Waals surface area contributed by atoms with E-state index in [9.17, 15) is 14.9 Å². The van der Waals surface area contributed by atoms with E-state index in [1.165, 1.54) is 7.05 Å². The molecule has 0 fully saturated rings. The van der Waals surface area contributed by atoms with E-state index in [-0.39, 0.29) is 17.2 Å². The Bertz CT molecular complexity index is 375. The maximum absolute atomic E-state index is 10.9. The van der Waals surface area contributed by atoms with Gasteiger partial charge >= 0.3 is 5.95 Å². The highest BCUT2D eigenvalue weighted by Gasteiger charge is 2.20. The first-order chi connectivity index (χ1) is 6.54. The number of hydrogen-bond acceptors (Lipinski definition) is 5. The van der Waals surface area contributed by atoms with Crippen molar-refractivity contribution in [1.82, 2.24) is 20.1 Å². The fourth-order valence-electron chi connectivity index (χ4n) is 0.705. The van der Waals surface area contributed by atoms with Crippen molar-refractivity contribution in [1.29, 1.82) is 0 Å². The van der Waals surface area contributed by atoms with Gasteiger partial charge in [0.15, 0.2) is 0 Å². The van der Waals surface area contributed by atoms with Crippen molar-refractivity contribution in [2.45, 2.75) is 6.54 Å². The van der Waals surface area contributed by atoms with Gasteiger partial charge in [-0.1, -0.05) is 0 Å². The van der Waals surface area contributed by atoms with E-state index in [0.717, 1.165) is 4.68 Å². The van der Waals surface area contributed by atoms with E-state index in [4.69, 9.17) is 0 Å². The summed E-state index contributed by atoms with van der Waals surface area (Å²) in [6.45, 7) is -0.113. The zero-order valence-electron chi connectivity index (χ0n) is 7.10. The van der Waals surface area contributed by atoms with Crippen LogP contribution in [0.4, 0.5) is 5.95 Å². The molecule has 0 spiro atoms. The lowest BCUT2D eigenvalue weighted by Crippen LogP contribution is -2.24. The fourth-order valence-corrected chi connectivity index (χ4v) is 1.07. The standard InChI is InChI=1S/C5H6BrN5O3/c1-7-3(12)2-10-4(6)8-5(9-10)11(13)14/h2H2,1H3,(H,7,12). The van der Waals surface area contributed by atoms with E-state index in [2.05, 4.69) is 31.3 Å². The molecule has 8 nitrogen and oxygen atoms in total. The second-order valence-electron chi connectivity index (χ2n) is 2.27. The smallest absolute Gasteiger partial charge is 0.390 e. The Hall–Kier alpha value is -1.51. The molecule has 1 N–H and O–H groups in total. The normalized spacial score (nSPS) is 9.86. The number of likely N-dealkylation sites (N-methyl/N-ethyl adjacent to an activating group) is 1. The van der Waals surface area contributed by atoms with E-state index in [1.807, 2.05) is 0 Å². The van der Waals surface area contributed by atoms with Crippen LogP contribution in [-0.4, -0.2) is 32.6 Å². The quantitative estimate of drug-likeness (QED) is 0.596. The van der Waals surface area contributed by atoms with Crippen LogP contribution >= 0.6 is 15.9 Å². The number of carbonyl (C=O) groups is 1. The monoisotopic (exact) mass is 263 g/mol. The van der Waals surface area contributed by atoms with Crippen LogP contribution in [0.3, 0.4) is 0 Å². The van der Waals surface area contributed by atoms with E-state index in [0.29, 0.717) is 0 Å². The molecule has 0 radical (unpaired) electrons. The van der Waals surface area contributed by atoms with Crippen molar-refractivity contribution < 1.29 is 9.72 Å². The number of nitrogens with zero attached hydrogens (tertiary/aromatic N) is 4. The van der Waals surface area contributed by atoms with Crippen LogP contribution in [0.1, 0.15) is 0 Å². The Balaban J connectivity index is 2.88. The van der Waals surface area contributed by atoms with Gasteiger partial charge in [-0.15, -0.1) is 0 Å². The maximum atomic E-state index is 10.9. The van der Waals surface area contributed by atoms with Crippen molar-refractivity contribution in [2.75, 3.05) is 7.05 Å². The molecule has 14 heavy (non-hydrogen) atoms. The van der Waals surface area contributed by atoms with Gasteiger partial charge in [0.1, 0.15) is 6.54 Å². The lowest BCUT2D eigenvalue weighted by atomic mass is 10.6. The molecule has 0 bridgehead atoms. The molecule has 0 aliphatic carbocycles. The molecule has 9 heteroatoms. The first kappa shape index (κ1) is 10.6. The molecule has 1 amide bonds. The minimum absolute atomic E-state index is 0.113. The summed E-state index contributed by atoms with van der Waals surface area (Å²) in [5.41, 5.74) is 0. The second kappa shape index (κ2) is 4.13. The number of nitrogens with one attached hydrogen (secondary N) is 1. The number of carbonyl (C=O) groups excluding carboxylic acids is 1. The van der Waals surface area contributed by atoms with Crippen molar-refractivity contribution >= 4 is 27.8 Å². The van der Waals surface area contributed by atoms with Crippen molar-refractivity contribution in [3.63, 3.8) is 0 Å². The molecule has 1 rings (SSSR count). The van der Waals surface area contributed by atoms with Crippen LogP contribution in [0, 0.1) is 10.1 Å². The number of rotatable bonds is 3. The van der Waals surface area contributed by atoms with Gasteiger partial charge in [-0.25, -0.2) is 0 Å². The molecule has 0 unspecified atom stereocenters. The Labute approximate surface area is 86.6 Å². The number of aromatic nitrogens is 3. The van der Waals surface area contributed by atoms with Crippen LogP contribution in [0.15, 0.2) is 4.73 Å². The van der Waals surface area contributed by atoms with Gasteiger partial charge in [-0.05, 0) is 9.91 Å². The molecule has 0 aromatic carbocycles. The summed E-state index contributed by atoms with van der Waals surface area (Å²) < 4.78 is 1.24. The topological polar surface area (TPSA) is 103 Å². The van der Waals surface area contributed by atoms with E-state index in [1.54, 1.807) is 0 Å². The molecule has 0 aliphatic heterocycles. The third-order valence-electron chi connectivity index (χ3n) is 1.35. The number of amides is 1. The summed E-state index contributed by atoms with van der Waals surface area (Å²) in [5, 5.41) is 16.1. The van der Waals surface area contributed by atoms with Gasteiger partial charge in [0, 0.05) is 28.1 Å². The highest BCUT2D eigenvalue weighted by atomic mass is 79.9. The number of nitro groups is 1. The lowest BCUT2D eigenvalue weighted by molar-refractivity contribution is -0.394. The van der Waals surface area contributed by atoms with Crippen LogP contribution in [0.5, 0.6) is 0 Å². The first-order valence-electron chi connectivity index (χ1n) is 3.50. The fraction of sp³-hybridized carbons (Fsp3) is 0.400.